The van der Waals surface area contributed by atoms with Crippen LogP contribution in [0.25, 0.3) is 0 Å². The van der Waals surface area contributed by atoms with Crippen LogP contribution in [0.15, 0.2) is 185 Å². The molecular weight excluding hydrogens is 2120 g/mol. The van der Waals surface area contributed by atoms with Crippen molar-refractivity contribution in [2.45, 2.75) is 85.9 Å². The number of hydrogen-bond donors (Lipinski definition) is 7. The van der Waals surface area contributed by atoms with Crippen molar-refractivity contribution < 1.29 is 95.6 Å². The van der Waals surface area contributed by atoms with E-state index in [-0.39, 0.29) is 63.7 Å². The summed E-state index contributed by atoms with van der Waals surface area (Å²) in [6.07, 6.45) is 5.30. The van der Waals surface area contributed by atoms with Crippen LogP contribution in [-0.4, -0.2) is 99.1 Å². The number of aliphatic hydroxyl groups excluding tert-OH is 1. The van der Waals surface area contributed by atoms with Gasteiger partial charge in [-0.2, -0.15) is 8.42 Å². The molecule has 40 heteroatoms. The van der Waals surface area contributed by atoms with Crippen LogP contribution in [0.5, 0.6) is 23.0 Å². The third-order valence-electron chi connectivity index (χ3n) is 13.7. The number of rotatable bonds is 16. The Morgan fingerprint density at radius 1 is 0.500 bits per heavy atom. The quantitative estimate of drug-likeness (QED) is 0.00690. The van der Waals surface area contributed by atoms with E-state index in [1.807, 2.05) is 66.0 Å². The van der Waals surface area contributed by atoms with Crippen LogP contribution in [0, 0.1) is 49.2 Å². The Morgan fingerprint density at radius 3 is 1.14 bits per heavy atom. The predicted molar refractivity (Wildman–Crippen MR) is 477 cm³/mol. The van der Waals surface area contributed by atoms with E-state index in [0.717, 1.165) is 32.4 Å². The van der Waals surface area contributed by atoms with E-state index >= 15 is 0 Å². The number of carbonyl (C=O) groups excluding carboxylic acids is 3. The number of aromatic hydroxyl groups is 1. The van der Waals surface area contributed by atoms with Crippen LogP contribution >= 0.6 is 130 Å². The molecule has 0 saturated carbocycles. The van der Waals surface area contributed by atoms with Crippen molar-refractivity contribution in [1.29, 1.82) is 0 Å². The molecule has 0 bridgehead atoms. The molecule has 0 fully saturated rings. The number of nitrogens with zero attached hydrogens (tertiary/aromatic N) is 5. The van der Waals surface area contributed by atoms with Crippen molar-refractivity contribution in [3.8, 4) is 23.0 Å². The maximum atomic E-state index is 13.5. The first-order valence-electron chi connectivity index (χ1n) is 33.0. The number of halogens is 12. The molecule has 10 rings (SSSR count). The second-order valence-corrected chi connectivity index (χ2v) is 33.0. The Kier molecular flexibility index (Phi) is 49.8. The van der Waals surface area contributed by atoms with E-state index in [1.54, 1.807) is 94.6 Å². The molecule has 0 aliphatic rings. The van der Waals surface area contributed by atoms with Crippen LogP contribution in [0.2, 0.25) is 0 Å². The average molecular weight is 2200 g/mol. The molecule has 0 saturated heterocycles. The molecule has 10 N–H and O–H groups in total. The number of carbonyl (C=O) groups is 3. The van der Waals surface area contributed by atoms with E-state index in [2.05, 4.69) is 121 Å². The summed E-state index contributed by atoms with van der Waals surface area (Å²) in [7, 11) is 4.64. The number of Topliss-reactive ketones (excluding diaryl/α,β-unsaturated/α-hetero) is 1. The summed E-state index contributed by atoms with van der Waals surface area (Å²) in [5.74, 6) is -1.35. The fraction of sp³-hybridized carbons (Fsp3) is 0.224. The van der Waals surface area contributed by atoms with Crippen LogP contribution in [0.1, 0.15) is 145 Å². The van der Waals surface area contributed by atoms with Gasteiger partial charge < -0.3 is 56.8 Å². The first-order valence-corrected chi connectivity index (χ1v) is 43.1. The van der Waals surface area contributed by atoms with E-state index < -0.39 is 73.0 Å². The summed E-state index contributed by atoms with van der Waals surface area (Å²) in [4.78, 5) is 49.8. The fourth-order valence-corrected chi connectivity index (χ4v) is 12.6. The Labute approximate surface area is 743 Å². The number of methoxy groups -OCH3 is 2. The second-order valence-electron chi connectivity index (χ2n) is 22.5. The standard InChI is InChI=1S/C15H14BrFN2O3.C15H15FN2O3.C13H12FIN2O.C9H10FIO3S.C8H8FIO.C8H6FIO.C5H6N2O.C2H6.CH3ClO2S.BHNS/c1-8(22-13-5-9(16)7-19-14(13)18)12-6-10(17)3-4-11(12)15(20)21-2;1-9(21-13-4-3-7-18-14(13)17)12-8-10(16)5-6-11(12)15(19)20-2;1-8(10-7-9(14)4-5-11(10)15)18-12-3-2-6-17-13(12)16;1-6(14-15(2,12)13)8-5-7(10)3-4-9(8)11;2*1-5(11)7-4-6(9)2-3-8(7)10;6-5-4(8)2-1-3-7-5;1-2;1-5(2,3)4;1-2-3/h3-8H,1-2H3,(H2,18,19);3-9H,1-2H3,(H2,17,18);2-8H,1H3,(H2,16,17);3-6H,1-2H3;2-5,11H,1H3;2-4H,1H3;1-3,8H,(H2,6,7);1-2H3;1H3;3H/t8-;9-;8-;6-;5-;;;;;/m11100...../s1. The van der Waals surface area contributed by atoms with E-state index in [4.69, 9.17) is 56.3 Å². The number of thiol groups is 1. The molecule has 625 valence electrons. The molecule has 5 atom stereocenters. The maximum absolute atomic E-state index is 13.5. The molecular formula is C76H81BBrClF6I4N9O15S3. The Bertz CT molecular complexity index is 5080. The number of aliphatic hydroxyl groups is 1. The summed E-state index contributed by atoms with van der Waals surface area (Å²) in [5, 5.41) is 17.9. The van der Waals surface area contributed by atoms with Crippen molar-refractivity contribution in [3.05, 3.63) is 275 Å². The van der Waals surface area contributed by atoms with Gasteiger partial charge in [-0.3, -0.25) is 8.98 Å². The van der Waals surface area contributed by atoms with Gasteiger partial charge in [0.25, 0.3) is 10.1 Å². The van der Waals surface area contributed by atoms with Gasteiger partial charge in [-0.05, 0) is 311 Å². The first kappa shape index (κ1) is 106. The molecule has 116 heavy (non-hydrogen) atoms. The van der Waals surface area contributed by atoms with Crippen molar-refractivity contribution >= 4 is 198 Å². The molecule has 1 radical (unpaired) electrons. The number of pyridine rings is 4. The minimum absolute atomic E-state index is 0.0347. The summed E-state index contributed by atoms with van der Waals surface area (Å²) < 4.78 is 157. The van der Waals surface area contributed by atoms with E-state index in [0.29, 0.717) is 55.4 Å². The Balaban J connectivity index is 0.000000676. The zero-order valence-electron chi connectivity index (χ0n) is 63.8. The van der Waals surface area contributed by atoms with Gasteiger partial charge in [0.2, 0.25) is 9.05 Å². The second kappa shape index (κ2) is 54.3. The van der Waals surface area contributed by atoms with E-state index in [1.165, 1.54) is 131 Å². The van der Waals surface area contributed by atoms with E-state index in [9.17, 15) is 57.6 Å². The number of esters is 2. The van der Waals surface area contributed by atoms with Crippen LogP contribution in [0.4, 0.5) is 49.6 Å². The number of hydrogen-bond acceptors (Lipinski definition) is 25. The summed E-state index contributed by atoms with van der Waals surface area (Å²) in [5.41, 5.74) is 25.9. The van der Waals surface area contributed by atoms with Crippen LogP contribution in [-0.2, 0) is 32.8 Å². The number of nitrogens with two attached hydrogens (primary N) is 4. The molecule has 24 nitrogen and oxygen atoms in total. The zero-order valence-corrected chi connectivity index (χ0v) is 77.3. The third-order valence-corrected chi connectivity index (χ3v) is 18.7. The van der Waals surface area contributed by atoms with Gasteiger partial charge in [0.1, 0.15) is 59.3 Å². The number of benzene rings is 6. The number of anilines is 4. The topological polar surface area (TPSA) is 383 Å². The number of nitrogen functional groups attached to an aromatic ring is 4. The number of ether oxygens (including phenoxy) is 5. The summed E-state index contributed by atoms with van der Waals surface area (Å²) in [6, 6.07) is 36.5. The van der Waals surface area contributed by atoms with Crippen molar-refractivity contribution in [2.75, 3.05) is 49.7 Å². The molecule has 6 aromatic carbocycles. The SMILES string of the molecule is CC.CC(=O)c1cc(F)ccc1I.COC(=O)c1ccc(F)cc1[C@@H](C)Oc1cc(Br)cnc1N.COC(=O)c1ccc(F)cc1[C@@H](C)Oc1cccnc1N.CS(=O)(=O)Cl.C[C@@H](Oc1cccnc1N)c1cc(F)ccc1I.C[C@H](O)c1cc(F)ccc1I.C[C@H](OS(C)(=O)=O)c1cc(F)ccc1I.Nc1ncccc1O.[B]=NS. The molecule has 4 heterocycles. The van der Waals surface area contributed by atoms with Gasteiger partial charge in [0.05, 0.1) is 44.0 Å². The molecule has 0 aliphatic heterocycles. The van der Waals surface area contributed by atoms with Crippen molar-refractivity contribution in [1.82, 2.24) is 19.9 Å². The summed E-state index contributed by atoms with van der Waals surface area (Å²) in [6.45, 7) is 13.8. The number of aromatic nitrogens is 4. The minimum atomic E-state index is -3.53. The van der Waals surface area contributed by atoms with Gasteiger partial charge >= 0.3 is 36.7 Å². The monoisotopic (exact) mass is 2200 g/mol. The average Bonchev–Trinajstić information content (AvgIpc) is 0.826. The Morgan fingerprint density at radius 2 is 0.810 bits per heavy atom. The van der Waals surface area contributed by atoms with Crippen LogP contribution in [0.3, 0.4) is 0 Å². The molecule has 10 aromatic rings. The normalized spacial score (nSPS) is 11.5. The Hall–Kier alpha value is -7.77. The molecule has 4 aromatic heterocycles. The van der Waals surface area contributed by atoms with Gasteiger partial charge in [-0.1, -0.05) is 13.8 Å². The summed E-state index contributed by atoms with van der Waals surface area (Å²) >= 11 is 14.7. The fourth-order valence-electron chi connectivity index (χ4n) is 8.60. The first-order chi connectivity index (χ1) is 54.2. The van der Waals surface area contributed by atoms with Gasteiger partial charge in [0, 0.05) is 76.5 Å². The molecule has 0 spiro atoms. The van der Waals surface area contributed by atoms with Gasteiger partial charge in [-0.25, -0.2) is 64.3 Å². The zero-order chi connectivity index (χ0) is 88.5. The van der Waals surface area contributed by atoms with Crippen molar-refractivity contribution in [3.63, 3.8) is 0 Å². The molecule has 0 aliphatic carbocycles. The van der Waals surface area contributed by atoms with Gasteiger partial charge in [-0.15, -0.1) is 0 Å². The molecule has 0 unspecified atom stereocenters. The molecule has 0 amide bonds. The van der Waals surface area contributed by atoms with Gasteiger partial charge in [0.15, 0.2) is 52.1 Å². The van der Waals surface area contributed by atoms with Crippen molar-refractivity contribution in [2.24, 2.45) is 4.30 Å². The van der Waals surface area contributed by atoms with Crippen LogP contribution < -0.4 is 37.1 Å². The predicted octanol–water partition coefficient (Wildman–Crippen LogP) is 19.1. The number of ketones is 1. The third kappa shape index (κ3) is 41.1.